The Bertz CT molecular complexity index is 318. The number of hydrogen-bond acceptors (Lipinski definition) is 2. The lowest BCUT2D eigenvalue weighted by Gasteiger charge is -2.12. The average molecular weight is 208 g/mol. The molecular weight excluding hydrogens is 188 g/mol. The van der Waals surface area contributed by atoms with Crippen molar-refractivity contribution in [2.45, 2.75) is 46.1 Å². The number of rotatable bonds is 4. The van der Waals surface area contributed by atoms with Crippen molar-refractivity contribution in [3.8, 4) is 0 Å². The molecule has 2 nitrogen and oxygen atoms in total. The third kappa shape index (κ3) is 3.65. The summed E-state index contributed by atoms with van der Waals surface area (Å²) in [6, 6.07) is 6.53. The van der Waals surface area contributed by atoms with Crippen LogP contribution in [0.5, 0.6) is 0 Å². The Morgan fingerprint density at radius 3 is 2.40 bits per heavy atom. The highest BCUT2D eigenvalue weighted by atomic mass is 17.1. The third-order valence-electron chi connectivity index (χ3n) is 2.53. The van der Waals surface area contributed by atoms with E-state index in [4.69, 9.17) is 5.26 Å². The molecule has 1 unspecified atom stereocenters. The summed E-state index contributed by atoms with van der Waals surface area (Å²) in [4.78, 5) is 4.29. The SMILES string of the molecule is Cc1cc(CC(C)OO)cc(C(C)C)c1. The lowest BCUT2D eigenvalue weighted by molar-refractivity contribution is -0.273. The van der Waals surface area contributed by atoms with Crippen LogP contribution >= 0.6 is 0 Å². The van der Waals surface area contributed by atoms with Gasteiger partial charge >= 0.3 is 0 Å². The van der Waals surface area contributed by atoms with Crippen LogP contribution in [0, 0.1) is 6.92 Å². The van der Waals surface area contributed by atoms with Gasteiger partial charge in [0.1, 0.15) is 0 Å². The van der Waals surface area contributed by atoms with E-state index in [1.54, 1.807) is 0 Å². The van der Waals surface area contributed by atoms with Crippen molar-refractivity contribution in [1.82, 2.24) is 0 Å². The molecule has 0 aromatic heterocycles. The molecule has 0 aliphatic heterocycles. The first kappa shape index (κ1) is 12.2. The quantitative estimate of drug-likeness (QED) is 0.605. The Morgan fingerprint density at radius 1 is 1.20 bits per heavy atom. The highest BCUT2D eigenvalue weighted by molar-refractivity contribution is 5.31. The molecule has 0 aliphatic carbocycles. The van der Waals surface area contributed by atoms with E-state index in [0.29, 0.717) is 5.92 Å². The molecule has 0 spiro atoms. The summed E-state index contributed by atoms with van der Waals surface area (Å²) in [7, 11) is 0. The molecule has 0 radical (unpaired) electrons. The minimum atomic E-state index is -0.146. The van der Waals surface area contributed by atoms with Gasteiger partial charge in [0.15, 0.2) is 0 Å². The van der Waals surface area contributed by atoms with Crippen molar-refractivity contribution in [2.75, 3.05) is 0 Å². The van der Waals surface area contributed by atoms with Gasteiger partial charge in [-0.05, 0) is 30.9 Å². The van der Waals surface area contributed by atoms with Crippen LogP contribution in [0.1, 0.15) is 43.4 Å². The van der Waals surface area contributed by atoms with Crippen molar-refractivity contribution in [3.63, 3.8) is 0 Å². The minimum absolute atomic E-state index is 0.146. The molecular formula is C13H20O2. The molecule has 0 aliphatic rings. The second-order valence-electron chi connectivity index (χ2n) is 4.53. The summed E-state index contributed by atoms with van der Waals surface area (Å²) in [6.45, 7) is 8.33. The summed E-state index contributed by atoms with van der Waals surface area (Å²) >= 11 is 0. The van der Waals surface area contributed by atoms with Gasteiger partial charge in [-0.15, -0.1) is 0 Å². The maximum Gasteiger partial charge on any atom is 0.0939 e. The van der Waals surface area contributed by atoms with Crippen LogP contribution in [0.25, 0.3) is 0 Å². The van der Waals surface area contributed by atoms with Crippen LogP contribution in [0.3, 0.4) is 0 Å². The van der Waals surface area contributed by atoms with E-state index in [1.165, 1.54) is 16.7 Å². The van der Waals surface area contributed by atoms with Gasteiger partial charge in [0, 0.05) is 6.42 Å². The lowest BCUT2D eigenvalue weighted by Crippen LogP contribution is -2.09. The average Bonchev–Trinajstić information content (AvgIpc) is 2.16. The Morgan fingerprint density at radius 2 is 1.87 bits per heavy atom. The van der Waals surface area contributed by atoms with E-state index in [2.05, 4.69) is 43.9 Å². The Balaban J connectivity index is 2.88. The van der Waals surface area contributed by atoms with E-state index >= 15 is 0 Å². The largest absolute Gasteiger partial charge is 0.252 e. The highest BCUT2D eigenvalue weighted by Crippen LogP contribution is 2.19. The van der Waals surface area contributed by atoms with Gasteiger partial charge in [0.05, 0.1) is 6.10 Å². The van der Waals surface area contributed by atoms with E-state index in [1.807, 2.05) is 6.92 Å². The summed E-state index contributed by atoms with van der Waals surface area (Å²) < 4.78 is 0. The summed E-state index contributed by atoms with van der Waals surface area (Å²) in [5.74, 6) is 0.536. The van der Waals surface area contributed by atoms with Gasteiger partial charge in [0.2, 0.25) is 0 Å². The first-order chi connectivity index (χ1) is 7.02. The van der Waals surface area contributed by atoms with E-state index in [9.17, 15) is 0 Å². The first-order valence-electron chi connectivity index (χ1n) is 5.43. The molecule has 0 bridgehead atoms. The first-order valence-corrected chi connectivity index (χ1v) is 5.43. The van der Waals surface area contributed by atoms with Gasteiger partial charge in [-0.2, -0.15) is 0 Å². The molecule has 2 heteroatoms. The van der Waals surface area contributed by atoms with Crippen LogP contribution in [0.15, 0.2) is 18.2 Å². The molecule has 1 N–H and O–H groups in total. The Kier molecular flexibility index (Phi) is 4.30. The summed E-state index contributed by atoms with van der Waals surface area (Å²) in [6.07, 6.45) is 0.601. The third-order valence-corrected chi connectivity index (χ3v) is 2.53. The van der Waals surface area contributed by atoms with Crippen LogP contribution < -0.4 is 0 Å². The molecule has 1 aromatic rings. The predicted octanol–water partition coefficient (Wildman–Crippen LogP) is 3.54. The minimum Gasteiger partial charge on any atom is -0.252 e. The van der Waals surface area contributed by atoms with Crippen molar-refractivity contribution in [3.05, 3.63) is 34.9 Å². The van der Waals surface area contributed by atoms with Crippen LogP contribution in [0.4, 0.5) is 0 Å². The van der Waals surface area contributed by atoms with Crippen LogP contribution in [0.2, 0.25) is 0 Å². The van der Waals surface area contributed by atoms with Gasteiger partial charge in [0.25, 0.3) is 0 Å². The molecule has 15 heavy (non-hydrogen) atoms. The monoisotopic (exact) mass is 208 g/mol. The lowest BCUT2D eigenvalue weighted by atomic mass is 9.96. The fourth-order valence-electron chi connectivity index (χ4n) is 1.71. The molecule has 1 rings (SSSR count). The van der Waals surface area contributed by atoms with E-state index < -0.39 is 0 Å². The van der Waals surface area contributed by atoms with Crippen LogP contribution in [-0.2, 0) is 11.3 Å². The number of aryl methyl sites for hydroxylation is 1. The van der Waals surface area contributed by atoms with Crippen molar-refractivity contribution in [1.29, 1.82) is 0 Å². The van der Waals surface area contributed by atoms with Crippen molar-refractivity contribution in [2.24, 2.45) is 0 Å². The number of benzene rings is 1. The van der Waals surface area contributed by atoms with Crippen molar-refractivity contribution >= 4 is 0 Å². The summed E-state index contributed by atoms with van der Waals surface area (Å²) in [5, 5.41) is 8.54. The smallest absolute Gasteiger partial charge is 0.0939 e. The molecule has 0 amide bonds. The summed E-state index contributed by atoms with van der Waals surface area (Å²) in [5.41, 5.74) is 3.83. The molecule has 84 valence electrons. The Labute approximate surface area is 91.8 Å². The number of hydrogen-bond donors (Lipinski definition) is 1. The van der Waals surface area contributed by atoms with Gasteiger partial charge in [-0.25, -0.2) is 4.89 Å². The molecule has 1 aromatic carbocycles. The molecule has 1 atom stereocenters. The normalized spacial score (nSPS) is 13.2. The van der Waals surface area contributed by atoms with Gasteiger partial charge in [-0.3, -0.25) is 5.26 Å². The second kappa shape index (κ2) is 5.29. The standard InChI is InChI=1S/C13H20O2/c1-9(2)13-6-10(3)5-12(8-13)7-11(4)15-14/h5-6,8-9,11,14H,7H2,1-4H3. The fourth-order valence-corrected chi connectivity index (χ4v) is 1.71. The van der Waals surface area contributed by atoms with Gasteiger partial charge in [-0.1, -0.05) is 37.6 Å². The van der Waals surface area contributed by atoms with Crippen LogP contribution in [-0.4, -0.2) is 11.4 Å². The topological polar surface area (TPSA) is 29.5 Å². The zero-order chi connectivity index (χ0) is 11.4. The molecule has 0 heterocycles. The zero-order valence-electron chi connectivity index (χ0n) is 9.95. The maximum absolute atomic E-state index is 8.54. The Hall–Kier alpha value is -0.860. The molecule has 0 saturated carbocycles. The fraction of sp³-hybridized carbons (Fsp3) is 0.538. The maximum atomic E-state index is 8.54. The highest BCUT2D eigenvalue weighted by Gasteiger charge is 2.06. The van der Waals surface area contributed by atoms with E-state index in [-0.39, 0.29) is 6.10 Å². The van der Waals surface area contributed by atoms with E-state index in [0.717, 1.165) is 6.42 Å². The zero-order valence-corrected chi connectivity index (χ0v) is 9.95. The second-order valence-corrected chi connectivity index (χ2v) is 4.53. The predicted molar refractivity (Wildman–Crippen MR) is 62.1 cm³/mol. The van der Waals surface area contributed by atoms with Gasteiger partial charge < -0.3 is 0 Å². The van der Waals surface area contributed by atoms with Crippen molar-refractivity contribution < 1.29 is 10.1 Å². The molecule has 0 saturated heterocycles. The molecule has 0 fully saturated rings.